The number of carbonyl (C=O) groups is 1. The Morgan fingerprint density at radius 2 is 1.44 bits per heavy atom. The van der Waals surface area contributed by atoms with E-state index in [1.54, 1.807) is 12.1 Å². The molecule has 1 unspecified atom stereocenters. The van der Waals surface area contributed by atoms with E-state index in [-0.39, 0.29) is 6.10 Å². The number of esters is 1. The molecule has 1 rings (SSSR count). The predicted octanol–water partition coefficient (Wildman–Crippen LogP) is 4.64. The maximum Gasteiger partial charge on any atom is 0.331 e. The first-order valence-electron chi connectivity index (χ1n) is 9.62. The van der Waals surface area contributed by atoms with Crippen LogP contribution < -0.4 is 18.9 Å². The third-order valence-corrected chi connectivity index (χ3v) is 3.66. The molecule has 0 amide bonds. The van der Waals surface area contributed by atoms with E-state index in [1.807, 2.05) is 41.5 Å². The highest BCUT2D eigenvalue weighted by Crippen LogP contribution is 2.46. The molecular weight excluding hydrogens is 348 g/mol. The molecule has 0 aliphatic heterocycles. The highest BCUT2D eigenvalue weighted by molar-refractivity contribution is 5.89. The van der Waals surface area contributed by atoms with Gasteiger partial charge in [0.1, 0.15) is 5.75 Å². The van der Waals surface area contributed by atoms with E-state index in [0.29, 0.717) is 55.0 Å². The van der Waals surface area contributed by atoms with Crippen LogP contribution in [-0.4, -0.2) is 38.5 Å². The van der Waals surface area contributed by atoms with Crippen molar-refractivity contribution in [2.75, 3.05) is 26.4 Å². The average molecular weight is 380 g/mol. The zero-order chi connectivity index (χ0) is 20.2. The molecule has 0 aliphatic carbocycles. The van der Waals surface area contributed by atoms with E-state index in [9.17, 15) is 4.79 Å². The van der Waals surface area contributed by atoms with Crippen LogP contribution in [0.2, 0.25) is 0 Å². The van der Waals surface area contributed by atoms with E-state index in [1.165, 1.54) is 6.08 Å². The molecule has 0 aliphatic rings. The van der Waals surface area contributed by atoms with Gasteiger partial charge in [-0.05, 0) is 47.1 Å². The summed E-state index contributed by atoms with van der Waals surface area (Å²) in [7, 11) is 0. The van der Waals surface area contributed by atoms with Gasteiger partial charge in [-0.25, -0.2) is 4.79 Å². The van der Waals surface area contributed by atoms with Crippen LogP contribution in [-0.2, 0) is 9.53 Å². The van der Waals surface area contributed by atoms with Crippen molar-refractivity contribution >= 4 is 12.0 Å². The van der Waals surface area contributed by atoms with E-state index in [4.69, 9.17) is 23.7 Å². The summed E-state index contributed by atoms with van der Waals surface area (Å²) in [6.07, 6.45) is 3.63. The highest BCUT2D eigenvalue weighted by Gasteiger charge is 2.21. The summed E-state index contributed by atoms with van der Waals surface area (Å²) in [4.78, 5) is 12.1. The fraction of sp³-hybridized carbons (Fsp3) is 0.571. The minimum absolute atomic E-state index is 0.140. The Balaban J connectivity index is 3.43. The minimum atomic E-state index is -0.416. The molecule has 6 nitrogen and oxygen atoms in total. The number of rotatable bonds is 12. The van der Waals surface area contributed by atoms with Gasteiger partial charge in [0.15, 0.2) is 11.5 Å². The molecule has 0 spiro atoms. The Kier molecular flexibility index (Phi) is 10.2. The molecule has 0 fully saturated rings. The molecule has 0 saturated carbocycles. The molecule has 1 aromatic carbocycles. The topological polar surface area (TPSA) is 63.2 Å². The van der Waals surface area contributed by atoms with Crippen LogP contribution in [0.15, 0.2) is 12.1 Å². The SMILES string of the molecule is CCOc1cc(OCC)c(OCC)c(OCC)c1C=CC(=O)OC(C)CC. The Bertz CT molecular complexity index is 624. The van der Waals surface area contributed by atoms with E-state index < -0.39 is 5.97 Å². The molecule has 0 aromatic heterocycles. The van der Waals surface area contributed by atoms with Crippen molar-refractivity contribution in [3.63, 3.8) is 0 Å². The van der Waals surface area contributed by atoms with Crippen LogP contribution in [0.5, 0.6) is 23.0 Å². The van der Waals surface area contributed by atoms with Crippen molar-refractivity contribution in [1.82, 2.24) is 0 Å². The van der Waals surface area contributed by atoms with Crippen LogP contribution in [0.25, 0.3) is 6.08 Å². The maximum atomic E-state index is 12.1. The Morgan fingerprint density at radius 3 is 2.00 bits per heavy atom. The molecule has 0 N–H and O–H groups in total. The van der Waals surface area contributed by atoms with E-state index >= 15 is 0 Å². The zero-order valence-corrected chi connectivity index (χ0v) is 17.3. The van der Waals surface area contributed by atoms with Crippen molar-refractivity contribution in [3.8, 4) is 23.0 Å². The molecule has 1 atom stereocenters. The molecule has 0 bridgehead atoms. The fourth-order valence-corrected chi connectivity index (χ4v) is 2.34. The standard InChI is InChI=1S/C21H32O6/c1-7-15(6)27-19(22)13-12-16-17(23-8-2)14-18(24-9-3)21(26-11-5)20(16)25-10-4/h12-15H,7-11H2,1-6H3. The lowest BCUT2D eigenvalue weighted by molar-refractivity contribution is -0.142. The summed E-state index contributed by atoms with van der Waals surface area (Å²) in [6, 6.07) is 1.76. The smallest absolute Gasteiger partial charge is 0.331 e. The number of hydrogen-bond donors (Lipinski definition) is 0. The zero-order valence-electron chi connectivity index (χ0n) is 17.3. The Labute approximate surface area is 162 Å². The summed E-state index contributed by atoms with van der Waals surface area (Å²) < 4.78 is 28.4. The summed E-state index contributed by atoms with van der Waals surface area (Å²) in [5.41, 5.74) is 0.617. The molecule has 0 radical (unpaired) electrons. The molecule has 0 heterocycles. The quantitative estimate of drug-likeness (QED) is 0.389. The van der Waals surface area contributed by atoms with Gasteiger partial charge in [0, 0.05) is 12.1 Å². The van der Waals surface area contributed by atoms with Gasteiger partial charge in [-0.3, -0.25) is 0 Å². The average Bonchev–Trinajstić information content (AvgIpc) is 2.64. The minimum Gasteiger partial charge on any atom is -0.493 e. The number of benzene rings is 1. The van der Waals surface area contributed by atoms with Crippen molar-refractivity contribution in [3.05, 3.63) is 17.7 Å². The molecular formula is C21H32O6. The number of ether oxygens (including phenoxy) is 5. The predicted molar refractivity (Wildman–Crippen MR) is 106 cm³/mol. The summed E-state index contributed by atoms with van der Waals surface area (Å²) >= 11 is 0. The van der Waals surface area contributed by atoms with Gasteiger partial charge >= 0.3 is 5.97 Å². The van der Waals surface area contributed by atoms with Crippen LogP contribution in [0, 0.1) is 0 Å². The van der Waals surface area contributed by atoms with Crippen molar-refractivity contribution in [2.24, 2.45) is 0 Å². The summed E-state index contributed by atoms with van der Waals surface area (Å²) in [5.74, 6) is 1.67. The largest absolute Gasteiger partial charge is 0.493 e. The second kappa shape index (κ2) is 12.1. The first kappa shape index (κ1) is 22.7. The molecule has 6 heteroatoms. The normalized spacial score (nSPS) is 11.9. The van der Waals surface area contributed by atoms with Gasteiger partial charge in [-0.1, -0.05) is 6.92 Å². The first-order valence-corrected chi connectivity index (χ1v) is 9.62. The fourth-order valence-electron chi connectivity index (χ4n) is 2.34. The molecule has 1 aromatic rings. The van der Waals surface area contributed by atoms with Gasteiger partial charge in [-0.2, -0.15) is 0 Å². The van der Waals surface area contributed by atoms with Crippen LogP contribution in [0.1, 0.15) is 53.5 Å². The second-order valence-electron chi connectivity index (χ2n) is 5.67. The lowest BCUT2D eigenvalue weighted by atomic mass is 10.1. The van der Waals surface area contributed by atoms with Gasteiger partial charge in [-0.15, -0.1) is 0 Å². The van der Waals surface area contributed by atoms with Crippen LogP contribution in [0.4, 0.5) is 0 Å². The van der Waals surface area contributed by atoms with Crippen molar-refractivity contribution in [2.45, 2.75) is 54.1 Å². The van der Waals surface area contributed by atoms with Crippen molar-refractivity contribution in [1.29, 1.82) is 0 Å². The first-order chi connectivity index (χ1) is 13.0. The van der Waals surface area contributed by atoms with E-state index in [0.717, 1.165) is 6.42 Å². The third-order valence-electron chi connectivity index (χ3n) is 3.66. The second-order valence-corrected chi connectivity index (χ2v) is 5.67. The third kappa shape index (κ3) is 6.70. The van der Waals surface area contributed by atoms with Gasteiger partial charge in [0.2, 0.25) is 5.75 Å². The van der Waals surface area contributed by atoms with Crippen LogP contribution in [0.3, 0.4) is 0 Å². The van der Waals surface area contributed by atoms with Gasteiger partial charge in [0.25, 0.3) is 0 Å². The van der Waals surface area contributed by atoms with Gasteiger partial charge in [0.05, 0.1) is 38.1 Å². The molecule has 152 valence electrons. The highest BCUT2D eigenvalue weighted by atomic mass is 16.5. The van der Waals surface area contributed by atoms with Crippen molar-refractivity contribution < 1.29 is 28.5 Å². The van der Waals surface area contributed by atoms with Crippen LogP contribution >= 0.6 is 0 Å². The van der Waals surface area contributed by atoms with E-state index in [2.05, 4.69) is 0 Å². The Hall–Kier alpha value is -2.37. The van der Waals surface area contributed by atoms with Gasteiger partial charge < -0.3 is 23.7 Å². The molecule has 27 heavy (non-hydrogen) atoms. The lowest BCUT2D eigenvalue weighted by Crippen LogP contribution is -2.11. The molecule has 0 saturated heterocycles. The summed E-state index contributed by atoms with van der Waals surface area (Å²) in [6.45, 7) is 13.2. The number of hydrogen-bond acceptors (Lipinski definition) is 6. The number of carbonyl (C=O) groups excluding carboxylic acids is 1. The Morgan fingerprint density at radius 1 is 0.889 bits per heavy atom. The lowest BCUT2D eigenvalue weighted by Gasteiger charge is -2.20. The maximum absolute atomic E-state index is 12.1. The monoisotopic (exact) mass is 380 g/mol. The summed E-state index contributed by atoms with van der Waals surface area (Å²) in [5, 5.41) is 0.